The average Bonchev–Trinajstić information content (AvgIpc) is 3.18. The lowest BCUT2D eigenvalue weighted by atomic mass is 10.2. The molecule has 6 nitrogen and oxygen atoms in total. The van der Waals surface area contributed by atoms with E-state index in [0.29, 0.717) is 30.0 Å². The van der Waals surface area contributed by atoms with Gasteiger partial charge >= 0.3 is 0 Å². The number of likely N-dealkylation sites (N-methyl/N-ethyl adjacent to an activating group) is 1. The number of nitrogens with zero attached hydrogens (tertiary/aromatic N) is 3. The highest BCUT2D eigenvalue weighted by molar-refractivity contribution is 6.04. The maximum Gasteiger partial charge on any atom is 0.257 e. The van der Waals surface area contributed by atoms with Crippen molar-refractivity contribution in [2.24, 2.45) is 5.92 Å². The second-order valence-electron chi connectivity index (χ2n) is 7.94. The molecule has 1 saturated heterocycles. The number of amides is 1. The summed E-state index contributed by atoms with van der Waals surface area (Å²) in [7, 11) is 4.26. The molecule has 1 aromatic carbocycles. The first-order chi connectivity index (χ1) is 13.4. The van der Waals surface area contributed by atoms with Crippen LogP contribution < -0.4 is 15.0 Å². The summed E-state index contributed by atoms with van der Waals surface area (Å²) in [5.74, 6) is 0.794. The van der Waals surface area contributed by atoms with Gasteiger partial charge in [0.25, 0.3) is 5.91 Å². The number of anilines is 2. The first-order valence-corrected chi connectivity index (χ1v) is 9.84. The third-order valence-electron chi connectivity index (χ3n) is 4.95. The smallest absolute Gasteiger partial charge is 0.257 e. The second-order valence-corrected chi connectivity index (χ2v) is 7.94. The number of hydrogen-bond acceptors (Lipinski definition) is 5. The van der Waals surface area contributed by atoms with Gasteiger partial charge in [-0.15, -0.1) is 0 Å². The van der Waals surface area contributed by atoms with Gasteiger partial charge in [-0.2, -0.15) is 0 Å². The van der Waals surface area contributed by atoms with Crippen LogP contribution in [-0.4, -0.2) is 55.6 Å². The number of rotatable bonds is 7. The van der Waals surface area contributed by atoms with E-state index in [2.05, 4.69) is 60.2 Å². The standard InChI is InChI=1S/C22H30N4O2/c1-16(2)15-28-21-10-5-17(13-23-21)22(27)24-18-6-8-19(9-7-18)26-12-11-20(14-26)25(3)4/h5-10,13,16,20H,11-12,14-15H2,1-4H3,(H,24,27). The molecule has 0 aliphatic carbocycles. The highest BCUT2D eigenvalue weighted by Gasteiger charge is 2.23. The molecule has 0 bridgehead atoms. The van der Waals surface area contributed by atoms with Crippen molar-refractivity contribution in [2.45, 2.75) is 26.3 Å². The monoisotopic (exact) mass is 382 g/mol. The molecule has 0 radical (unpaired) electrons. The highest BCUT2D eigenvalue weighted by Crippen LogP contribution is 2.24. The van der Waals surface area contributed by atoms with Gasteiger partial charge in [-0.05, 0) is 56.8 Å². The van der Waals surface area contributed by atoms with Gasteiger partial charge in [-0.3, -0.25) is 4.79 Å². The van der Waals surface area contributed by atoms with Crippen molar-refractivity contribution in [3.63, 3.8) is 0 Å². The summed E-state index contributed by atoms with van der Waals surface area (Å²) >= 11 is 0. The molecule has 6 heteroatoms. The molecule has 1 aliphatic rings. The molecule has 2 heterocycles. The number of aromatic nitrogens is 1. The van der Waals surface area contributed by atoms with Gasteiger partial charge in [0.05, 0.1) is 12.2 Å². The molecule has 2 aromatic rings. The van der Waals surface area contributed by atoms with Gasteiger partial charge < -0.3 is 19.9 Å². The van der Waals surface area contributed by atoms with Crippen LogP contribution in [0.15, 0.2) is 42.6 Å². The van der Waals surface area contributed by atoms with E-state index in [1.54, 1.807) is 18.3 Å². The third-order valence-corrected chi connectivity index (χ3v) is 4.95. The minimum absolute atomic E-state index is 0.176. The van der Waals surface area contributed by atoms with Crippen molar-refractivity contribution in [2.75, 3.05) is 44.0 Å². The summed E-state index contributed by atoms with van der Waals surface area (Å²) in [5.41, 5.74) is 2.47. The summed E-state index contributed by atoms with van der Waals surface area (Å²) in [6.07, 6.45) is 2.72. The van der Waals surface area contributed by atoms with Gasteiger partial charge in [0, 0.05) is 42.8 Å². The molecule has 1 atom stereocenters. The molecule has 1 unspecified atom stereocenters. The van der Waals surface area contributed by atoms with Gasteiger partial charge in [0.1, 0.15) is 0 Å². The molecule has 150 valence electrons. The summed E-state index contributed by atoms with van der Waals surface area (Å²) in [4.78, 5) is 21.3. The number of ether oxygens (including phenoxy) is 1. The topological polar surface area (TPSA) is 57.7 Å². The van der Waals surface area contributed by atoms with E-state index in [1.165, 1.54) is 12.1 Å². The average molecular weight is 383 g/mol. The van der Waals surface area contributed by atoms with Crippen LogP contribution in [0, 0.1) is 5.92 Å². The molecule has 1 fully saturated rings. The van der Waals surface area contributed by atoms with Crippen LogP contribution >= 0.6 is 0 Å². The van der Waals surface area contributed by atoms with Crippen LogP contribution in [0.25, 0.3) is 0 Å². The molecule has 3 rings (SSSR count). The molecule has 1 N–H and O–H groups in total. The van der Waals surface area contributed by atoms with Crippen molar-refractivity contribution < 1.29 is 9.53 Å². The van der Waals surface area contributed by atoms with Crippen LogP contribution in [0.4, 0.5) is 11.4 Å². The number of pyridine rings is 1. The van der Waals surface area contributed by atoms with Crippen molar-refractivity contribution in [1.82, 2.24) is 9.88 Å². The largest absolute Gasteiger partial charge is 0.477 e. The van der Waals surface area contributed by atoms with E-state index in [9.17, 15) is 4.79 Å². The number of hydrogen-bond donors (Lipinski definition) is 1. The first-order valence-electron chi connectivity index (χ1n) is 9.84. The van der Waals surface area contributed by atoms with Crippen molar-refractivity contribution in [1.29, 1.82) is 0 Å². The molecule has 0 spiro atoms. The number of carbonyl (C=O) groups excluding carboxylic acids is 1. The zero-order valence-electron chi connectivity index (χ0n) is 17.2. The lowest BCUT2D eigenvalue weighted by Gasteiger charge is -2.22. The molecule has 28 heavy (non-hydrogen) atoms. The Balaban J connectivity index is 1.56. The Labute approximate surface area is 167 Å². The Morgan fingerprint density at radius 1 is 1.25 bits per heavy atom. The summed E-state index contributed by atoms with van der Waals surface area (Å²) < 4.78 is 5.55. The molecular formula is C22H30N4O2. The molecule has 0 saturated carbocycles. The number of benzene rings is 1. The maximum atomic E-state index is 12.4. The predicted octanol–water partition coefficient (Wildman–Crippen LogP) is 3.51. The third kappa shape index (κ3) is 5.23. The van der Waals surface area contributed by atoms with Gasteiger partial charge in [0.15, 0.2) is 0 Å². The predicted molar refractivity (Wildman–Crippen MR) is 113 cm³/mol. The van der Waals surface area contributed by atoms with E-state index in [-0.39, 0.29) is 5.91 Å². The zero-order chi connectivity index (χ0) is 20.1. The Morgan fingerprint density at radius 2 is 2.00 bits per heavy atom. The van der Waals surface area contributed by atoms with Crippen LogP contribution in [-0.2, 0) is 0 Å². The van der Waals surface area contributed by atoms with Gasteiger partial charge in [-0.25, -0.2) is 4.98 Å². The molecular weight excluding hydrogens is 352 g/mol. The van der Waals surface area contributed by atoms with Crippen LogP contribution in [0.5, 0.6) is 5.88 Å². The van der Waals surface area contributed by atoms with Gasteiger partial charge in [-0.1, -0.05) is 13.8 Å². The quantitative estimate of drug-likeness (QED) is 0.794. The van der Waals surface area contributed by atoms with E-state index in [0.717, 1.165) is 18.8 Å². The van der Waals surface area contributed by atoms with Crippen molar-refractivity contribution >= 4 is 17.3 Å². The van der Waals surface area contributed by atoms with E-state index < -0.39 is 0 Å². The fraction of sp³-hybridized carbons (Fsp3) is 0.455. The Bertz CT molecular complexity index is 772. The zero-order valence-corrected chi connectivity index (χ0v) is 17.2. The number of carbonyl (C=O) groups is 1. The van der Waals surface area contributed by atoms with Gasteiger partial charge in [0.2, 0.25) is 5.88 Å². The second kappa shape index (κ2) is 9.06. The fourth-order valence-corrected chi connectivity index (χ4v) is 3.21. The lowest BCUT2D eigenvalue weighted by molar-refractivity contribution is 0.102. The molecule has 1 amide bonds. The molecule has 1 aliphatic heterocycles. The van der Waals surface area contributed by atoms with Crippen LogP contribution in [0.2, 0.25) is 0 Å². The molecule has 1 aromatic heterocycles. The first kappa shape index (κ1) is 20.1. The van der Waals surface area contributed by atoms with E-state index in [4.69, 9.17) is 4.74 Å². The summed E-state index contributed by atoms with van der Waals surface area (Å²) in [6.45, 7) is 6.87. The Morgan fingerprint density at radius 3 is 2.57 bits per heavy atom. The summed E-state index contributed by atoms with van der Waals surface area (Å²) in [6, 6.07) is 12.1. The minimum Gasteiger partial charge on any atom is -0.477 e. The normalized spacial score (nSPS) is 16.6. The summed E-state index contributed by atoms with van der Waals surface area (Å²) in [5, 5.41) is 2.93. The Hall–Kier alpha value is -2.60. The highest BCUT2D eigenvalue weighted by atomic mass is 16.5. The SMILES string of the molecule is CC(C)COc1ccc(C(=O)Nc2ccc(N3CCC(N(C)C)C3)cc2)cn1. The maximum absolute atomic E-state index is 12.4. The van der Waals surface area contributed by atoms with Crippen molar-refractivity contribution in [3.05, 3.63) is 48.2 Å². The van der Waals surface area contributed by atoms with Crippen LogP contribution in [0.1, 0.15) is 30.6 Å². The van der Waals surface area contributed by atoms with Crippen molar-refractivity contribution in [3.8, 4) is 5.88 Å². The van der Waals surface area contributed by atoms with E-state index >= 15 is 0 Å². The van der Waals surface area contributed by atoms with Crippen LogP contribution in [0.3, 0.4) is 0 Å². The number of nitrogens with one attached hydrogen (secondary N) is 1. The van der Waals surface area contributed by atoms with E-state index in [1.807, 2.05) is 12.1 Å². The minimum atomic E-state index is -0.176. The fourth-order valence-electron chi connectivity index (χ4n) is 3.21. The lowest BCUT2D eigenvalue weighted by Crippen LogP contribution is -2.31. The Kier molecular flexibility index (Phi) is 6.52.